The Morgan fingerprint density at radius 2 is 1.30 bits per heavy atom. The van der Waals surface area contributed by atoms with Gasteiger partial charge in [0.2, 0.25) is 5.78 Å². The molecule has 3 aromatic carbocycles. The first kappa shape index (κ1) is 46.8. The SMILES string of the molecule is N=C(N)Nc1ccc(-c2cccc(C(=O)N[C@H](CCC(=O)O)COc3cc(C(=N)N)ccc3CC(=O)C(=O)O)c2)cc1.O=C(O)C(F)(F)F.O=C(O)C(F)(F)F. The normalized spacial score (nSPS) is 11.2. The van der Waals surface area contributed by atoms with Gasteiger partial charge in [-0.15, -0.1) is 0 Å². The Morgan fingerprint density at radius 1 is 0.750 bits per heavy atom. The molecule has 1 amide bonds. The van der Waals surface area contributed by atoms with Gasteiger partial charge in [0.25, 0.3) is 5.91 Å². The Kier molecular flexibility index (Phi) is 17.5. The molecule has 12 N–H and O–H groups in total. The van der Waals surface area contributed by atoms with E-state index in [1.165, 1.54) is 18.2 Å². The number of ether oxygens (including phenoxy) is 1. The van der Waals surface area contributed by atoms with Gasteiger partial charge >= 0.3 is 36.2 Å². The maximum atomic E-state index is 13.2. The number of carboxylic acid groups (broad SMARTS) is 4. The Labute approximate surface area is 310 Å². The number of rotatable bonds is 14. The van der Waals surface area contributed by atoms with Gasteiger partial charge in [0.05, 0.1) is 6.04 Å². The van der Waals surface area contributed by atoms with Crippen LogP contribution in [0.3, 0.4) is 0 Å². The number of anilines is 1. The molecule has 23 heteroatoms. The van der Waals surface area contributed by atoms with Gasteiger partial charge in [-0.3, -0.25) is 25.2 Å². The van der Waals surface area contributed by atoms with E-state index >= 15 is 0 Å². The van der Waals surface area contributed by atoms with Crippen LogP contribution < -0.4 is 26.8 Å². The molecular formula is C33H32F6N6O11. The number of aliphatic carboxylic acids is 4. The number of hydrogen-bond donors (Lipinski definition) is 10. The summed E-state index contributed by atoms with van der Waals surface area (Å²) < 4.78 is 69.3. The minimum absolute atomic E-state index is 0.0150. The van der Waals surface area contributed by atoms with Crippen molar-refractivity contribution in [3.8, 4) is 16.9 Å². The fraction of sp³-hybridized carbons (Fsp3) is 0.212. The molecule has 1 atom stereocenters. The van der Waals surface area contributed by atoms with E-state index in [2.05, 4.69) is 10.6 Å². The first-order valence-electron chi connectivity index (χ1n) is 15.1. The quantitative estimate of drug-likeness (QED) is 0.0483. The number of nitrogens with two attached hydrogens (primary N) is 2. The number of amidine groups is 1. The molecule has 0 spiro atoms. The molecule has 3 aromatic rings. The third-order valence-corrected chi connectivity index (χ3v) is 6.56. The molecule has 0 aliphatic rings. The number of hydrogen-bond acceptors (Lipinski definition) is 9. The number of amides is 1. The number of ketones is 1. The molecule has 0 heterocycles. The van der Waals surface area contributed by atoms with Crippen molar-refractivity contribution in [3.63, 3.8) is 0 Å². The highest BCUT2D eigenvalue weighted by molar-refractivity contribution is 6.33. The number of nitrogen functional groups attached to an aromatic ring is 1. The maximum Gasteiger partial charge on any atom is 0.490 e. The third kappa shape index (κ3) is 17.1. The van der Waals surface area contributed by atoms with Crippen LogP contribution in [0.15, 0.2) is 66.7 Å². The first-order valence-corrected chi connectivity index (χ1v) is 15.1. The predicted octanol–water partition coefficient (Wildman–Crippen LogP) is 3.45. The number of nitrogens with one attached hydrogen (secondary N) is 4. The van der Waals surface area contributed by atoms with Crippen molar-refractivity contribution in [2.24, 2.45) is 11.5 Å². The Bertz CT molecular complexity index is 1910. The molecule has 0 radical (unpaired) electrons. The Hall–Kier alpha value is -7.20. The lowest BCUT2D eigenvalue weighted by molar-refractivity contribution is -0.193. The second-order valence-corrected chi connectivity index (χ2v) is 10.9. The molecule has 3 rings (SSSR count). The maximum absolute atomic E-state index is 13.2. The second-order valence-electron chi connectivity index (χ2n) is 10.9. The topological polar surface area (TPSA) is 316 Å². The van der Waals surface area contributed by atoms with E-state index in [1.807, 2.05) is 6.07 Å². The van der Waals surface area contributed by atoms with Gasteiger partial charge in [0, 0.05) is 35.2 Å². The summed E-state index contributed by atoms with van der Waals surface area (Å²) in [6.07, 6.45) is -10.9. The predicted molar refractivity (Wildman–Crippen MR) is 182 cm³/mol. The van der Waals surface area contributed by atoms with Crippen molar-refractivity contribution in [2.75, 3.05) is 11.9 Å². The minimum Gasteiger partial charge on any atom is -0.491 e. The van der Waals surface area contributed by atoms with Crippen molar-refractivity contribution in [2.45, 2.75) is 37.7 Å². The number of guanidine groups is 1. The van der Waals surface area contributed by atoms with E-state index in [0.717, 1.165) is 11.1 Å². The number of benzene rings is 3. The highest BCUT2D eigenvalue weighted by atomic mass is 19.4. The Morgan fingerprint density at radius 3 is 1.77 bits per heavy atom. The van der Waals surface area contributed by atoms with Crippen molar-refractivity contribution < 1.29 is 80.3 Å². The van der Waals surface area contributed by atoms with Crippen LogP contribution in [0.1, 0.15) is 34.3 Å². The van der Waals surface area contributed by atoms with Crippen molar-refractivity contribution in [3.05, 3.63) is 83.4 Å². The van der Waals surface area contributed by atoms with E-state index < -0.39 is 60.4 Å². The van der Waals surface area contributed by atoms with E-state index in [1.54, 1.807) is 42.5 Å². The first-order chi connectivity index (χ1) is 25.8. The average molecular weight is 803 g/mol. The molecular weight excluding hydrogens is 770 g/mol. The smallest absolute Gasteiger partial charge is 0.490 e. The summed E-state index contributed by atoms with van der Waals surface area (Å²) in [5.74, 6) is -10.2. The van der Waals surface area contributed by atoms with Crippen molar-refractivity contribution in [1.82, 2.24) is 5.32 Å². The van der Waals surface area contributed by atoms with Gasteiger partial charge in [-0.05, 0) is 47.9 Å². The van der Waals surface area contributed by atoms with Crippen molar-refractivity contribution in [1.29, 1.82) is 10.8 Å². The molecule has 0 bridgehead atoms. The largest absolute Gasteiger partial charge is 0.491 e. The van der Waals surface area contributed by atoms with Gasteiger partial charge in [0.15, 0.2) is 5.96 Å². The van der Waals surface area contributed by atoms with Gasteiger partial charge < -0.3 is 47.3 Å². The van der Waals surface area contributed by atoms with Crippen LogP contribution in [0.4, 0.5) is 32.0 Å². The van der Waals surface area contributed by atoms with Gasteiger partial charge in [-0.1, -0.05) is 36.4 Å². The van der Waals surface area contributed by atoms with Crippen LogP contribution >= 0.6 is 0 Å². The molecule has 56 heavy (non-hydrogen) atoms. The van der Waals surface area contributed by atoms with E-state index in [9.17, 15) is 50.6 Å². The number of alkyl halides is 6. The van der Waals surface area contributed by atoms with E-state index in [-0.39, 0.29) is 48.1 Å². The zero-order chi connectivity index (χ0) is 43.0. The molecule has 0 aliphatic heterocycles. The molecule has 0 unspecified atom stereocenters. The fourth-order valence-corrected chi connectivity index (χ4v) is 3.95. The fourth-order valence-electron chi connectivity index (χ4n) is 3.95. The molecule has 0 aliphatic carbocycles. The standard InChI is InChI=1S/C29H30N6O7.2C2HF3O2/c30-26(31)19-5-4-18(13-23(36)28(40)41)24(14-19)42-15-22(10-11-25(37)38)34-27(39)20-3-1-2-17(12-20)16-6-8-21(9-7-16)35-29(32)33;2*3-2(4,5)1(6)7/h1-9,12,14,22H,10-11,13,15H2,(H3,30,31)(H,34,39)(H,37,38)(H,40,41)(H4,32,33,35);2*(H,6,7)/t22-;;/m1../s1. The van der Waals surface area contributed by atoms with Crippen LogP contribution in [0.5, 0.6) is 5.75 Å². The number of carbonyl (C=O) groups is 6. The van der Waals surface area contributed by atoms with Crippen LogP contribution in [-0.2, 0) is 30.4 Å². The summed E-state index contributed by atoms with van der Waals surface area (Å²) in [6.45, 7) is -0.209. The minimum atomic E-state index is -5.08. The highest BCUT2D eigenvalue weighted by Crippen LogP contribution is 2.24. The molecule has 0 aromatic heterocycles. The summed E-state index contributed by atoms with van der Waals surface area (Å²) >= 11 is 0. The average Bonchev–Trinajstić information content (AvgIpc) is 3.09. The molecule has 17 nitrogen and oxygen atoms in total. The summed E-state index contributed by atoms with van der Waals surface area (Å²) in [6, 6.07) is 17.3. The molecule has 302 valence electrons. The van der Waals surface area contributed by atoms with Crippen LogP contribution in [0, 0.1) is 10.8 Å². The van der Waals surface area contributed by atoms with Crippen LogP contribution in [0.25, 0.3) is 11.1 Å². The Balaban J connectivity index is 0.000000949. The zero-order valence-corrected chi connectivity index (χ0v) is 28.3. The summed E-state index contributed by atoms with van der Waals surface area (Å²) in [7, 11) is 0. The lowest BCUT2D eigenvalue weighted by Gasteiger charge is -2.20. The van der Waals surface area contributed by atoms with Gasteiger partial charge in [-0.2, -0.15) is 26.3 Å². The van der Waals surface area contributed by atoms with Crippen LogP contribution in [-0.4, -0.2) is 92.8 Å². The summed E-state index contributed by atoms with van der Waals surface area (Å²) in [4.78, 5) is 65.1. The zero-order valence-electron chi connectivity index (χ0n) is 28.3. The molecule has 0 fully saturated rings. The highest BCUT2D eigenvalue weighted by Gasteiger charge is 2.39. The van der Waals surface area contributed by atoms with Gasteiger partial charge in [-0.25, -0.2) is 14.4 Å². The number of carboxylic acids is 4. The summed E-state index contributed by atoms with van der Waals surface area (Å²) in [5, 5.41) is 52.9. The lowest BCUT2D eigenvalue weighted by atomic mass is 10.0. The lowest BCUT2D eigenvalue weighted by Crippen LogP contribution is -2.39. The van der Waals surface area contributed by atoms with E-state index in [4.69, 9.17) is 51.9 Å². The van der Waals surface area contributed by atoms with Gasteiger partial charge in [0.1, 0.15) is 18.2 Å². The third-order valence-electron chi connectivity index (χ3n) is 6.56. The van der Waals surface area contributed by atoms with Crippen molar-refractivity contribution >= 4 is 53.1 Å². The monoisotopic (exact) mass is 802 g/mol. The number of carbonyl (C=O) groups excluding carboxylic acids is 2. The number of Topliss-reactive ketones (excluding diaryl/α,β-unsaturated/α-hetero) is 1. The van der Waals surface area contributed by atoms with E-state index in [0.29, 0.717) is 11.3 Å². The molecule has 0 saturated carbocycles. The molecule has 0 saturated heterocycles. The summed E-state index contributed by atoms with van der Waals surface area (Å²) in [5.41, 5.74) is 13.9. The van der Waals surface area contributed by atoms with Crippen LogP contribution in [0.2, 0.25) is 0 Å². The number of halogens is 6. The second kappa shape index (κ2) is 20.9.